The van der Waals surface area contributed by atoms with E-state index < -0.39 is 5.97 Å². The molecule has 0 spiro atoms. The van der Waals surface area contributed by atoms with Gasteiger partial charge >= 0.3 is 5.97 Å². The van der Waals surface area contributed by atoms with E-state index in [1.165, 1.54) is 5.56 Å². The smallest absolute Gasteiger partial charge is 0.303 e. The van der Waals surface area contributed by atoms with Crippen molar-refractivity contribution >= 4 is 5.97 Å². The number of aliphatic hydroxyl groups excluding tert-OH is 1. The van der Waals surface area contributed by atoms with Crippen molar-refractivity contribution in [3.63, 3.8) is 0 Å². The molecule has 20 heavy (non-hydrogen) atoms. The van der Waals surface area contributed by atoms with Crippen LogP contribution in [-0.2, 0) is 16.1 Å². The van der Waals surface area contributed by atoms with Gasteiger partial charge in [0.2, 0.25) is 0 Å². The summed E-state index contributed by atoms with van der Waals surface area (Å²) in [6, 6.07) is 10.1. The maximum absolute atomic E-state index is 10.5. The minimum absolute atomic E-state index is 0.0448. The van der Waals surface area contributed by atoms with E-state index in [1.807, 2.05) is 30.3 Å². The van der Waals surface area contributed by atoms with Crippen molar-refractivity contribution in [1.29, 1.82) is 0 Å². The van der Waals surface area contributed by atoms with Crippen molar-refractivity contribution < 1.29 is 19.7 Å². The van der Waals surface area contributed by atoms with E-state index in [9.17, 15) is 4.79 Å². The fourth-order valence-corrected chi connectivity index (χ4v) is 2.08. The molecule has 0 saturated heterocycles. The van der Waals surface area contributed by atoms with Crippen LogP contribution in [0.3, 0.4) is 0 Å². The zero-order chi connectivity index (χ0) is 14.6. The highest BCUT2D eigenvalue weighted by atomic mass is 16.5. The van der Waals surface area contributed by atoms with Crippen LogP contribution in [-0.4, -0.2) is 29.4 Å². The average molecular weight is 280 g/mol. The van der Waals surface area contributed by atoms with Crippen molar-refractivity contribution in [3.8, 4) is 0 Å². The number of rotatable bonds is 11. The largest absolute Gasteiger partial charge is 0.481 e. The molecule has 0 aliphatic carbocycles. The first-order chi connectivity index (χ1) is 9.72. The molecule has 1 unspecified atom stereocenters. The molecule has 1 aromatic carbocycles. The fraction of sp³-hybridized carbons (Fsp3) is 0.562. The second kappa shape index (κ2) is 10.4. The Bertz CT molecular complexity index is 364. The van der Waals surface area contributed by atoms with Gasteiger partial charge in [-0.05, 0) is 24.3 Å². The molecule has 112 valence electrons. The third-order valence-electron chi connectivity index (χ3n) is 3.23. The van der Waals surface area contributed by atoms with E-state index in [0.717, 1.165) is 32.3 Å². The lowest BCUT2D eigenvalue weighted by atomic mass is 9.99. The van der Waals surface area contributed by atoms with Crippen LogP contribution in [0.1, 0.15) is 37.7 Å². The SMILES string of the molecule is O=C(O)CC(CO)CCCCCOCc1ccccc1. The van der Waals surface area contributed by atoms with Gasteiger partial charge in [0.25, 0.3) is 0 Å². The Morgan fingerprint density at radius 3 is 2.55 bits per heavy atom. The third-order valence-corrected chi connectivity index (χ3v) is 3.23. The summed E-state index contributed by atoms with van der Waals surface area (Å²) in [6.07, 6.45) is 3.73. The fourth-order valence-electron chi connectivity index (χ4n) is 2.08. The van der Waals surface area contributed by atoms with Gasteiger partial charge in [-0.2, -0.15) is 0 Å². The van der Waals surface area contributed by atoms with Crippen LogP contribution in [0.25, 0.3) is 0 Å². The Morgan fingerprint density at radius 2 is 1.90 bits per heavy atom. The third kappa shape index (κ3) is 7.92. The van der Waals surface area contributed by atoms with Crippen LogP contribution in [0.4, 0.5) is 0 Å². The van der Waals surface area contributed by atoms with Crippen molar-refractivity contribution in [1.82, 2.24) is 0 Å². The molecule has 0 bridgehead atoms. The molecule has 1 atom stereocenters. The molecule has 0 amide bonds. The molecule has 1 rings (SSSR count). The highest BCUT2D eigenvalue weighted by Gasteiger charge is 2.11. The number of aliphatic hydroxyl groups is 1. The van der Waals surface area contributed by atoms with Crippen molar-refractivity contribution in [2.24, 2.45) is 5.92 Å². The van der Waals surface area contributed by atoms with Gasteiger partial charge in [-0.1, -0.05) is 43.2 Å². The molecule has 0 fully saturated rings. The second-order valence-electron chi connectivity index (χ2n) is 5.03. The Morgan fingerprint density at radius 1 is 1.15 bits per heavy atom. The summed E-state index contributed by atoms with van der Waals surface area (Å²) in [5, 5.41) is 17.7. The number of unbranched alkanes of at least 4 members (excludes halogenated alkanes) is 2. The summed E-state index contributed by atoms with van der Waals surface area (Å²) in [7, 11) is 0. The predicted octanol–water partition coefficient (Wildman–Crippen LogP) is 2.85. The molecule has 1 aromatic rings. The number of carboxylic acids is 1. The first-order valence-corrected chi connectivity index (χ1v) is 7.16. The number of ether oxygens (including phenoxy) is 1. The highest BCUT2D eigenvalue weighted by molar-refractivity contribution is 5.67. The van der Waals surface area contributed by atoms with Crippen LogP contribution < -0.4 is 0 Å². The summed E-state index contributed by atoms with van der Waals surface area (Å²) in [5.74, 6) is -0.951. The normalized spacial score (nSPS) is 12.2. The lowest BCUT2D eigenvalue weighted by Gasteiger charge is -2.11. The quantitative estimate of drug-likeness (QED) is 0.612. The molecule has 2 N–H and O–H groups in total. The zero-order valence-corrected chi connectivity index (χ0v) is 11.8. The molecule has 0 aliphatic heterocycles. The molecule has 4 nitrogen and oxygen atoms in total. The molecular formula is C16H24O4. The minimum Gasteiger partial charge on any atom is -0.481 e. The molecular weight excluding hydrogens is 256 g/mol. The van der Waals surface area contributed by atoms with E-state index in [1.54, 1.807) is 0 Å². The number of hydrogen-bond acceptors (Lipinski definition) is 3. The van der Waals surface area contributed by atoms with Crippen molar-refractivity contribution in [2.45, 2.75) is 38.7 Å². The Hall–Kier alpha value is -1.39. The molecule has 4 heteroatoms. The molecule has 0 aliphatic rings. The summed E-state index contributed by atoms with van der Waals surface area (Å²) in [5.41, 5.74) is 1.18. The van der Waals surface area contributed by atoms with Gasteiger partial charge in [0.15, 0.2) is 0 Å². The number of aliphatic carboxylic acids is 1. The summed E-state index contributed by atoms with van der Waals surface area (Å²) in [4.78, 5) is 10.5. The van der Waals surface area contributed by atoms with Gasteiger partial charge in [0, 0.05) is 13.2 Å². The highest BCUT2D eigenvalue weighted by Crippen LogP contribution is 2.13. The average Bonchev–Trinajstić information content (AvgIpc) is 2.45. The second-order valence-corrected chi connectivity index (χ2v) is 5.03. The monoisotopic (exact) mass is 280 g/mol. The van der Waals surface area contributed by atoms with Gasteiger partial charge in [-0.15, -0.1) is 0 Å². The van der Waals surface area contributed by atoms with Crippen LogP contribution in [0, 0.1) is 5.92 Å². The molecule has 0 heterocycles. The van der Waals surface area contributed by atoms with Crippen molar-refractivity contribution in [3.05, 3.63) is 35.9 Å². The number of benzene rings is 1. The zero-order valence-electron chi connectivity index (χ0n) is 11.8. The Labute approximate surface area is 120 Å². The maximum atomic E-state index is 10.5. The minimum atomic E-state index is -0.838. The van der Waals surface area contributed by atoms with E-state index in [0.29, 0.717) is 6.61 Å². The first kappa shape index (κ1) is 16.7. The topological polar surface area (TPSA) is 66.8 Å². The number of hydrogen-bond donors (Lipinski definition) is 2. The lowest BCUT2D eigenvalue weighted by Crippen LogP contribution is -2.11. The van der Waals surface area contributed by atoms with Gasteiger partial charge in [0.1, 0.15) is 0 Å². The van der Waals surface area contributed by atoms with Crippen LogP contribution in [0.2, 0.25) is 0 Å². The molecule has 0 radical (unpaired) electrons. The molecule has 0 aromatic heterocycles. The van der Waals surface area contributed by atoms with Gasteiger partial charge in [-0.3, -0.25) is 4.79 Å². The van der Waals surface area contributed by atoms with E-state index in [-0.39, 0.29) is 18.9 Å². The van der Waals surface area contributed by atoms with Gasteiger partial charge < -0.3 is 14.9 Å². The first-order valence-electron chi connectivity index (χ1n) is 7.16. The summed E-state index contributed by atoms with van der Waals surface area (Å²) >= 11 is 0. The van der Waals surface area contributed by atoms with E-state index in [4.69, 9.17) is 14.9 Å². The summed E-state index contributed by atoms with van der Waals surface area (Å²) in [6.45, 7) is 1.31. The Kier molecular flexibility index (Phi) is 8.67. The van der Waals surface area contributed by atoms with E-state index in [2.05, 4.69) is 0 Å². The van der Waals surface area contributed by atoms with Crippen LogP contribution in [0.15, 0.2) is 30.3 Å². The van der Waals surface area contributed by atoms with Crippen molar-refractivity contribution in [2.75, 3.05) is 13.2 Å². The summed E-state index contributed by atoms with van der Waals surface area (Å²) < 4.78 is 5.57. The molecule has 0 saturated carbocycles. The van der Waals surface area contributed by atoms with Gasteiger partial charge in [-0.25, -0.2) is 0 Å². The maximum Gasteiger partial charge on any atom is 0.303 e. The van der Waals surface area contributed by atoms with Crippen LogP contribution >= 0.6 is 0 Å². The van der Waals surface area contributed by atoms with E-state index >= 15 is 0 Å². The Balaban J connectivity index is 1.98. The van der Waals surface area contributed by atoms with Crippen LogP contribution in [0.5, 0.6) is 0 Å². The van der Waals surface area contributed by atoms with Gasteiger partial charge in [0.05, 0.1) is 13.0 Å². The predicted molar refractivity (Wildman–Crippen MR) is 77.4 cm³/mol. The standard InChI is InChI=1S/C16H24O4/c17-12-15(11-16(18)19)9-5-2-6-10-20-13-14-7-3-1-4-8-14/h1,3-4,7-8,15,17H,2,5-6,9-13H2,(H,18,19). The number of carboxylic acid groups (broad SMARTS) is 1. The number of carbonyl (C=O) groups is 1. The lowest BCUT2D eigenvalue weighted by molar-refractivity contribution is -0.138.